The number of aliphatic imine (C=N–C) groups is 1. The van der Waals surface area contributed by atoms with E-state index in [1.807, 2.05) is 7.05 Å². The summed E-state index contributed by atoms with van der Waals surface area (Å²) in [5.74, 6) is 1.70. The summed E-state index contributed by atoms with van der Waals surface area (Å²) < 4.78 is 0. The Hall–Kier alpha value is -1.28. The molecular formula is C20H29IN4S. The fraction of sp³-hybridized carbons (Fsp3) is 0.450. The summed E-state index contributed by atoms with van der Waals surface area (Å²) in [5.41, 5.74) is 3.90. The zero-order valence-electron chi connectivity index (χ0n) is 15.6. The number of benzene rings is 1. The Bertz CT molecular complexity index is 662. The van der Waals surface area contributed by atoms with Crippen LogP contribution in [0.4, 0.5) is 5.69 Å². The molecule has 2 aromatic rings. The first-order chi connectivity index (χ1) is 12.2. The molecule has 0 amide bonds. The molecule has 1 saturated heterocycles. The Kier molecular flexibility index (Phi) is 8.71. The minimum absolute atomic E-state index is 0. The van der Waals surface area contributed by atoms with Gasteiger partial charge in [0.2, 0.25) is 0 Å². The third kappa shape index (κ3) is 6.16. The number of rotatable bonds is 5. The normalized spacial score (nSPS) is 15.5. The van der Waals surface area contributed by atoms with Crippen LogP contribution in [0.2, 0.25) is 0 Å². The van der Waals surface area contributed by atoms with E-state index in [1.54, 1.807) is 11.3 Å². The first kappa shape index (κ1) is 21.0. The van der Waals surface area contributed by atoms with E-state index in [0.717, 1.165) is 25.0 Å². The third-order valence-corrected chi connectivity index (χ3v) is 5.54. The van der Waals surface area contributed by atoms with Crippen LogP contribution in [0.15, 0.2) is 46.1 Å². The average molecular weight is 484 g/mol. The number of guanidine groups is 1. The van der Waals surface area contributed by atoms with E-state index in [-0.39, 0.29) is 24.0 Å². The number of hydrogen-bond donors (Lipinski definition) is 2. The quantitative estimate of drug-likeness (QED) is 0.374. The van der Waals surface area contributed by atoms with Gasteiger partial charge in [-0.1, -0.05) is 19.1 Å². The summed E-state index contributed by atoms with van der Waals surface area (Å²) >= 11 is 1.72. The Labute approximate surface area is 178 Å². The van der Waals surface area contributed by atoms with Crippen LogP contribution in [0.25, 0.3) is 0 Å². The molecule has 0 radical (unpaired) electrons. The van der Waals surface area contributed by atoms with Crippen LogP contribution in [0.1, 0.15) is 30.9 Å². The lowest BCUT2D eigenvalue weighted by Gasteiger charge is -2.32. The van der Waals surface area contributed by atoms with E-state index in [1.165, 1.54) is 42.7 Å². The molecule has 6 heteroatoms. The summed E-state index contributed by atoms with van der Waals surface area (Å²) in [6.07, 6.45) is 2.60. The highest BCUT2D eigenvalue weighted by Crippen LogP contribution is 2.23. The van der Waals surface area contributed by atoms with Crippen molar-refractivity contribution in [1.82, 2.24) is 10.6 Å². The number of hydrogen-bond acceptors (Lipinski definition) is 3. The standard InChI is InChI=1S/C20H28N4S.HI/c1-16-7-10-24(11-8-16)19-5-3-17(4-6-19)13-22-20(21-2)23-14-18-9-12-25-15-18;/h3-6,9,12,15-16H,7-8,10-11,13-14H2,1-2H3,(H2,21,22,23);1H. The van der Waals surface area contributed by atoms with Gasteiger partial charge in [0.1, 0.15) is 0 Å². The van der Waals surface area contributed by atoms with Crippen molar-refractivity contribution in [3.63, 3.8) is 0 Å². The van der Waals surface area contributed by atoms with Gasteiger partial charge < -0.3 is 15.5 Å². The Balaban J connectivity index is 0.00000243. The molecule has 0 aliphatic carbocycles. The summed E-state index contributed by atoms with van der Waals surface area (Å²) in [4.78, 5) is 6.79. The lowest BCUT2D eigenvalue weighted by Crippen LogP contribution is -2.36. The molecule has 142 valence electrons. The van der Waals surface area contributed by atoms with Crippen LogP contribution in [0, 0.1) is 5.92 Å². The lowest BCUT2D eigenvalue weighted by molar-refractivity contribution is 0.438. The average Bonchev–Trinajstić information content (AvgIpc) is 3.17. The molecule has 4 nitrogen and oxygen atoms in total. The summed E-state index contributed by atoms with van der Waals surface area (Å²) in [7, 11) is 1.81. The number of anilines is 1. The van der Waals surface area contributed by atoms with Gasteiger partial charge in [0.05, 0.1) is 0 Å². The molecule has 1 aromatic carbocycles. The molecule has 0 unspecified atom stereocenters. The molecule has 3 rings (SSSR count). The van der Waals surface area contributed by atoms with Crippen LogP contribution in [-0.2, 0) is 13.1 Å². The second-order valence-electron chi connectivity index (χ2n) is 6.75. The van der Waals surface area contributed by atoms with E-state index in [2.05, 4.69) is 68.5 Å². The Morgan fingerprint density at radius 1 is 1.08 bits per heavy atom. The molecule has 2 heterocycles. The number of nitrogens with one attached hydrogen (secondary N) is 2. The molecule has 26 heavy (non-hydrogen) atoms. The molecule has 1 aliphatic heterocycles. The molecule has 1 aliphatic rings. The number of halogens is 1. The molecule has 2 N–H and O–H groups in total. The molecular weight excluding hydrogens is 455 g/mol. The van der Waals surface area contributed by atoms with Gasteiger partial charge in [0.15, 0.2) is 5.96 Å². The minimum Gasteiger partial charge on any atom is -0.372 e. The molecule has 0 spiro atoms. The van der Waals surface area contributed by atoms with Crippen molar-refractivity contribution >= 4 is 47.0 Å². The molecule has 1 aromatic heterocycles. The van der Waals surface area contributed by atoms with E-state index < -0.39 is 0 Å². The van der Waals surface area contributed by atoms with Crippen molar-refractivity contribution in [3.8, 4) is 0 Å². The van der Waals surface area contributed by atoms with Gasteiger partial charge in [0, 0.05) is 38.9 Å². The minimum atomic E-state index is 0. The van der Waals surface area contributed by atoms with Gasteiger partial charge in [-0.25, -0.2) is 0 Å². The van der Waals surface area contributed by atoms with E-state index in [4.69, 9.17) is 0 Å². The highest BCUT2D eigenvalue weighted by atomic mass is 127. The molecule has 0 saturated carbocycles. The second kappa shape index (κ2) is 10.8. The molecule has 0 atom stereocenters. The van der Waals surface area contributed by atoms with Crippen LogP contribution in [0.3, 0.4) is 0 Å². The first-order valence-corrected chi connectivity index (χ1v) is 9.98. The predicted molar refractivity (Wildman–Crippen MR) is 124 cm³/mol. The van der Waals surface area contributed by atoms with Crippen LogP contribution in [-0.4, -0.2) is 26.1 Å². The van der Waals surface area contributed by atoms with Gasteiger partial charge in [0.25, 0.3) is 0 Å². The van der Waals surface area contributed by atoms with Gasteiger partial charge in [-0.05, 0) is 58.8 Å². The number of thiophene rings is 1. The van der Waals surface area contributed by atoms with Gasteiger partial charge in [-0.3, -0.25) is 4.99 Å². The van der Waals surface area contributed by atoms with Gasteiger partial charge in [-0.2, -0.15) is 11.3 Å². The lowest BCUT2D eigenvalue weighted by atomic mass is 9.99. The van der Waals surface area contributed by atoms with Gasteiger partial charge >= 0.3 is 0 Å². The monoisotopic (exact) mass is 484 g/mol. The van der Waals surface area contributed by atoms with Crippen LogP contribution < -0.4 is 15.5 Å². The van der Waals surface area contributed by atoms with Crippen LogP contribution in [0.5, 0.6) is 0 Å². The number of piperidine rings is 1. The zero-order chi connectivity index (χ0) is 17.5. The largest absolute Gasteiger partial charge is 0.372 e. The van der Waals surface area contributed by atoms with Crippen molar-refractivity contribution in [2.45, 2.75) is 32.9 Å². The van der Waals surface area contributed by atoms with E-state index in [0.29, 0.717) is 0 Å². The fourth-order valence-corrected chi connectivity index (χ4v) is 3.75. The maximum atomic E-state index is 4.29. The van der Waals surface area contributed by atoms with E-state index in [9.17, 15) is 0 Å². The molecule has 1 fully saturated rings. The summed E-state index contributed by atoms with van der Waals surface area (Å²) in [6, 6.07) is 11.0. The highest BCUT2D eigenvalue weighted by molar-refractivity contribution is 14.0. The zero-order valence-corrected chi connectivity index (χ0v) is 18.7. The second-order valence-corrected chi connectivity index (χ2v) is 7.53. The first-order valence-electron chi connectivity index (χ1n) is 9.04. The van der Waals surface area contributed by atoms with Gasteiger partial charge in [-0.15, -0.1) is 24.0 Å². The smallest absolute Gasteiger partial charge is 0.191 e. The predicted octanol–water partition coefficient (Wildman–Crippen LogP) is 4.47. The van der Waals surface area contributed by atoms with Crippen LogP contribution >= 0.6 is 35.3 Å². The maximum Gasteiger partial charge on any atom is 0.191 e. The SMILES string of the molecule is CN=C(NCc1ccc(N2CCC(C)CC2)cc1)NCc1ccsc1.I. The van der Waals surface area contributed by atoms with Crippen molar-refractivity contribution in [2.24, 2.45) is 10.9 Å². The van der Waals surface area contributed by atoms with Crippen molar-refractivity contribution < 1.29 is 0 Å². The van der Waals surface area contributed by atoms with Crippen molar-refractivity contribution in [2.75, 3.05) is 25.0 Å². The molecule has 0 bridgehead atoms. The highest BCUT2D eigenvalue weighted by Gasteiger charge is 2.15. The Morgan fingerprint density at radius 3 is 2.31 bits per heavy atom. The van der Waals surface area contributed by atoms with Crippen molar-refractivity contribution in [3.05, 3.63) is 52.2 Å². The van der Waals surface area contributed by atoms with E-state index >= 15 is 0 Å². The topological polar surface area (TPSA) is 39.7 Å². The summed E-state index contributed by atoms with van der Waals surface area (Å²) in [6.45, 7) is 6.29. The maximum absolute atomic E-state index is 4.29. The third-order valence-electron chi connectivity index (χ3n) is 4.81. The fourth-order valence-electron chi connectivity index (χ4n) is 3.08. The van der Waals surface area contributed by atoms with Crippen molar-refractivity contribution in [1.29, 1.82) is 0 Å². The number of nitrogens with zero attached hydrogens (tertiary/aromatic N) is 2. The Morgan fingerprint density at radius 2 is 1.73 bits per heavy atom. The summed E-state index contributed by atoms with van der Waals surface area (Å²) in [5, 5.41) is 11.0.